The molecule has 0 aliphatic rings. The summed E-state index contributed by atoms with van der Waals surface area (Å²) in [6, 6.07) is 15.6. The minimum Gasteiger partial charge on any atom is -0.485 e. The third-order valence-electron chi connectivity index (χ3n) is 3.37. The summed E-state index contributed by atoms with van der Waals surface area (Å²) in [5.74, 6) is 0.783. The molecule has 0 saturated heterocycles. The quantitative estimate of drug-likeness (QED) is 0.365. The van der Waals surface area contributed by atoms with E-state index < -0.39 is 5.97 Å². The average Bonchev–Trinajstić information content (AvgIpc) is 3.08. The van der Waals surface area contributed by atoms with E-state index in [1.165, 1.54) is 6.92 Å². The van der Waals surface area contributed by atoms with Crippen molar-refractivity contribution in [2.24, 2.45) is 0 Å². The number of tetrazole rings is 1. The number of para-hydroxylation sites is 1. The molecular formula is C18H16N4O4. The standard InChI is InChI=1S/C18H16N4O4/c1-13(23)14-7-9-16(10-8-14)26-18(24)11-22-20-17(19-21-22)12-25-15-5-3-2-4-6-15/h2-10H,11-12H2,1H3. The Morgan fingerprint density at radius 2 is 1.73 bits per heavy atom. The van der Waals surface area contributed by atoms with E-state index in [0.717, 1.165) is 4.80 Å². The van der Waals surface area contributed by atoms with Crippen LogP contribution in [0.5, 0.6) is 11.5 Å². The first-order valence-corrected chi connectivity index (χ1v) is 7.86. The number of nitrogens with zero attached hydrogens (tertiary/aromatic N) is 4. The van der Waals surface area contributed by atoms with Gasteiger partial charge < -0.3 is 9.47 Å². The molecule has 0 unspecified atom stereocenters. The molecule has 0 amide bonds. The second kappa shape index (κ2) is 8.02. The summed E-state index contributed by atoms with van der Waals surface area (Å²) >= 11 is 0. The number of carbonyl (C=O) groups is 2. The molecule has 8 nitrogen and oxygen atoms in total. The van der Waals surface area contributed by atoms with Gasteiger partial charge in [-0.25, -0.2) is 4.79 Å². The van der Waals surface area contributed by atoms with Crippen LogP contribution in [0.1, 0.15) is 23.1 Å². The highest BCUT2D eigenvalue weighted by atomic mass is 16.5. The Balaban J connectivity index is 1.51. The lowest BCUT2D eigenvalue weighted by Gasteiger charge is -2.04. The van der Waals surface area contributed by atoms with Crippen molar-refractivity contribution in [3.63, 3.8) is 0 Å². The van der Waals surface area contributed by atoms with Gasteiger partial charge in [0, 0.05) is 5.56 Å². The van der Waals surface area contributed by atoms with Gasteiger partial charge in [0.05, 0.1) is 0 Å². The van der Waals surface area contributed by atoms with Crippen molar-refractivity contribution in [1.82, 2.24) is 20.2 Å². The monoisotopic (exact) mass is 352 g/mol. The Morgan fingerprint density at radius 1 is 1.00 bits per heavy atom. The van der Waals surface area contributed by atoms with Crippen molar-refractivity contribution in [3.8, 4) is 11.5 Å². The Morgan fingerprint density at radius 3 is 2.42 bits per heavy atom. The smallest absolute Gasteiger partial charge is 0.335 e. The second-order valence-corrected chi connectivity index (χ2v) is 5.39. The fourth-order valence-corrected chi connectivity index (χ4v) is 2.10. The zero-order chi connectivity index (χ0) is 18.4. The fourth-order valence-electron chi connectivity index (χ4n) is 2.10. The van der Waals surface area contributed by atoms with Crippen LogP contribution in [0.3, 0.4) is 0 Å². The van der Waals surface area contributed by atoms with Crippen molar-refractivity contribution < 1.29 is 19.1 Å². The van der Waals surface area contributed by atoms with Crippen LogP contribution in [0.4, 0.5) is 0 Å². The van der Waals surface area contributed by atoms with Crippen molar-refractivity contribution in [2.45, 2.75) is 20.1 Å². The van der Waals surface area contributed by atoms with E-state index in [2.05, 4.69) is 15.4 Å². The summed E-state index contributed by atoms with van der Waals surface area (Å²) in [4.78, 5) is 24.3. The lowest BCUT2D eigenvalue weighted by atomic mass is 10.1. The molecule has 1 heterocycles. The summed E-state index contributed by atoms with van der Waals surface area (Å²) in [6.45, 7) is 1.43. The maximum Gasteiger partial charge on any atom is 0.335 e. The average molecular weight is 352 g/mol. The number of hydrogen-bond donors (Lipinski definition) is 0. The van der Waals surface area contributed by atoms with Gasteiger partial charge in [0.15, 0.2) is 18.9 Å². The Bertz CT molecular complexity index is 891. The van der Waals surface area contributed by atoms with Gasteiger partial charge in [-0.05, 0) is 48.5 Å². The van der Waals surface area contributed by atoms with Gasteiger partial charge in [0.1, 0.15) is 11.5 Å². The van der Waals surface area contributed by atoms with Crippen LogP contribution in [0.25, 0.3) is 0 Å². The highest BCUT2D eigenvalue weighted by Gasteiger charge is 2.11. The van der Waals surface area contributed by atoms with E-state index >= 15 is 0 Å². The van der Waals surface area contributed by atoms with Gasteiger partial charge in [-0.3, -0.25) is 4.79 Å². The highest BCUT2D eigenvalue weighted by molar-refractivity contribution is 5.94. The predicted octanol–water partition coefficient (Wildman–Crippen LogP) is 2.06. The zero-order valence-corrected chi connectivity index (χ0v) is 14.0. The van der Waals surface area contributed by atoms with E-state index in [4.69, 9.17) is 9.47 Å². The van der Waals surface area contributed by atoms with E-state index in [1.807, 2.05) is 30.3 Å². The summed E-state index contributed by atoms with van der Waals surface area (Å²) in [5, 5.41) is 11.7. The SMILES string of the molecule is CC(=O)c1ccc(OC(=O)Cn2nnc(COc3ccccc3)n2)cc1. The Hall–Kier alpha value is -3.55. The maximum absolute atomic E-state index is 11.9. The number of ether oxygens (including phenoxy) is 2. The maximum atomic E-state index is 11.9. The van der Waals surface area contributed by atoms with Crippen molar-refractivity contribution in [3.05, 3.63) is 66.0 Å². The number of benzene rings is 2. The van der Waals surface area contributed by atoms with Crippen molar-refractivity contribution in [2.75, 3.05) is 0 Å². The van der Waals surface area contributed by atoms with Gasteiger partial charge in [0.2, 0.25) is 5.82 Å². The number of hydrogen-bond acceptors (Lipinski definition) is 7. The fraction of sp³-hybridized carbons (Fsp3) is 0.167. The van der Waals surface area contributed by atoms with E-state index in [-0.39, 0.29) is 18.9 Å². The van der Waals surface area contributed by atoms with Crippen LogP contribution in [-0.4, -0.2) is 32.0 Å². The third kappa shape index (κ3) is 4.73. The number of esters is 1. The van der Waals surface area contributed by atoms with Gasteiger partial charge in [-0.15, -0.1) is 10.2 Å². The molecule has 0 fully saturated rings. The lowest BCUT2D eigenvalue weighted by Crippen LogP contribution is -2.18. The molecule has 1 aromatic heterocycles. The summed E-state index contributed by atoms with van der Waals surface area (Å²) < 4.78 is 10.7. The number of carbonyl (C=O) groups excluding carboxylic acids is 2. The lowest BCUT2D eigenvalue weighted by molar-refractivity contribution is -0.135. The first-order chi connectivity index (χ1) is 12.6. The normalized spacial score (nSPS) is 10.3. The molecule has 2 aromatic carbocycles. The van der Waals surface area contributed by atoms with Crippen LogP contribution in [-0.2, 0) is 17.9 Å². The summed E-state index contributed by atoms with van der Waals surface area (Å²) in [6.07, 6.45) is 0. The van der Waals surface area contributed by atoms with E-state index in [0.29, 0.717) is 22.9 Å². The van der Waals surface area contributed by atoms with Gasteiger partial charge in [-0.1, -0.05) is 18.2 Å². The summed E-state index contributed by atoms with van der Waals surface area (Å²) in [5.41, 5.74) is 0.547. The molecule has 0 bridgehead atoms. The topological polar surface area (TPSA) is 96.2 Å². The van der Waals surface area contributed by atoms with Crippen molar-refractivity contribution >= 4 is 11.8 Å². The van der Waals surface area contributed by atoms with Crippen molar-refractivity contribution in [1.29, 1.82) is 0 Å². The molecule has 8 heteroatoms. The van der Waals surface area contributed by atoms with Gasteiger partial charge >= 0.3 is 5.97 Å². The first-order valence-electron chi connectivity index (χ1n) is 7.86. The number of rotatable bonds is 7. The van der Waals surface area contributed by atoms with Crippen LogP contribution in [0.2, 0.25) is 0 Å². The van der Waals surface area contributed by atoms with Crippen LogP contribution in [0, 0.1) is 0 Å². The molecular weight excluding hydrogens is 336 g/mol. The molecule has 3 rings (SSSR count). The van der Waals surface area contributed by atoms with Crippen LogP contribution >= 0.6 is 0 Å². The zero-order valence-electron chi connectivity index (χ0n) is 14.0. The largest absolute Gasteiger partial charge is 0.485 e. The highest BCUT2D eigenvalue weighted by Crippen LogP contribution is 2.13. The third-order valence-corrected chi connectivity index (χ3v) is 3.37. The Kier molecular flexibility index (Phi) is 5.33. The van der Waals surface area contributed by atoms with Crippen LogP contribution < -0.4 is 9.47 Å². The molecule has 0 saturated carbocycles. The molecule has 0 spiro atoms. The van der Waals surface area contributed by atoms with E-state index in [1.54, 1.807) is 24.3 Å². The van der Waals surface area contributed by atoms with Crippen LogP contribution in [0.15, 0.2) is 54.6 Å². The molecule has 0 N–H and O–H groups in total. The molecule has 26 heavy (non-hydrogen) atoms. The number of aromatic nitrogens is 4. The number of ketones is 1. The van der Waals surface area contributed by atoms with Gasteiger partial charge in [-0.2, -0.15) is 4.80 Å². The Labute approximate surface area is 149 Å². The minimum absolute atomic E-state index is 0.0556. The molecule has 3 aromatic rings. The molecule has 0 aliphatic carbocycles. The molecule has 132 valence electrons. The van der Waals surface area contributed by atoms with Gasteiger partial charge in [0.25, 0.3) is 0 Å². The molecule has 0 radical (unpaired) electrons. The molecule has 0 atom stereocenters. The predicted molar refractivity (Wildman–Crippen MR) is 90.7 cm³/mol. The van der Waals surface area contributed by atoms with E-state index in [9.17, 15) is 9.59 Å². The summed E-state index contributed by atoms with van der Waals surface area (Å²) in [7, 11) is 0. The second-order valence-electron chi connectivity index (χ2n) is 5.39. The number of Topliss-reactive ketones (excluding diaryl/α,β-unsaturated/α-hetero) is 1. The molecule has 0 aliphatic heterocycles. The minimum atomic E-state index is -0.548. The first kappa shape index (κ1) is 17.3.